The molecule has 0 bridgehead atoms. The van der Waals surface area contributed by atoms with E-state index in [1.165, 1.54) is 19.4 Å². The second kappa shape index (κ2) is 10.9. The number of fused-ring (bicyclic) bond motifs is 1. The average Bonchev–Trinajstić information content (AvgIpc) is 2.83. The fraction of sp³-hybridized carbons (Fsp3) is 0.0769. The van der Waals surface area contributed by atoms with Crippen molar-refractivity contribution in [2.24, 2.45) is 5.10 Å². The molecule has 4 aromatic carbocycles. The van der Waals surface area contributed by atoms with Gasteiger partial charge < -0.3 is 14.6 Å². The van der Waals surface area contributed by atoms with Crippen LogP contribution in [0.3, 0.4) is 0 Å². The van der Waals surface area contributed by atoms with Crippen LogP contribution in [0, 0.1) is 0 Å². The second-order valence-electron chi connectivity index (χ2n) is 7.47. The lowest BCUT2D eigenvalue weighted by molar-refractivity contribution is 0.0952. The molecule has 4 aromatic rings. The molecule has 0 unspecified atom stereocenters. The number of phenols is 1. The predicted molar refractivity (Wildman–Crippen MR) is 139 cm³/mol. The Bertz CT molecular complexity index is 1440. The first-order valence-corrected chi connectivity index (χ1v) is 11.5. The van der Waals surface area contributed by atoms with Crippen molar-refractivity contribution in [3.05, 3.63) is 98.5 Å². The first-order valence-electron chi connectivity index (χ1n) is 10.3. The Balaban J connectivity index is 1.47. The molecule has 35 heavy (non-hydrogen) atoms. The molecule has 9 heteroatoms. The van der Waals surface area contributed by atoms with Crippen LogP contribution in [0.1, 0.15) is 21.5 Å². The lowest BCUT2D eigenvalue weighted by atomic mass is 10.1. The Morgan fingerprint density at radius 2 is 1.74 bits per heavy atom. The molecule has 0 atom stereocenters. The van der Waals surface area contributed by atoms with Gasteiger partial charge in [-0.15, -0.1) is 0 Å². The number of carbonyl (C=O) groups excluding carboxylic acids is 1. The summed E-state index contributed by atoms with van der Waals surface area (Å²) < 4.78 is 11.3. The van der Waals surface area contributed by atoms with E-state index < -0.39 is 5.91 Å². The van der Waals surface area contributed by atoms with E-state index in [0.29, 0.717) is 27.1 Å². The number of benzene rings is 4. The molecule has 4 rings (SSSR count). The lowest BCUT2D eigenvalue weighted by Crippen LogP contribution is -2.17. The van der Waals surface area contributed by atoms with Crippen molar-refractivity contribution >= 4 is 57.7 Å². The highest BCUT2D eigenvalue weighted by Crippen LogP contribution is 2.37. The van der Waals surface area contributed by atoms with Crippen molar-refractivity contribution in [1.82, 2.24) is 5.43 Å². The van der Waals surface area contributed by atoms with E-state index in [0.717, 1.165) is 16.3 Å². The highest BCUT2D eigenvalue weighted by Gasteiger charge is 2.14. The van der Waals surface area contributed by atoms with Crippen LogP contribution >= 0.6 is 34.8 Å². The SMILES string of the molecule is COc1cc(C=NNC(=O)c2cc3ccccc3cc2O)cc(Cl)c1OCc1ccc(Cl)cc1Cl. The highest BCUT2D eigenvalue weighted by molar-refractivity contribution is 6.35. The number of nitrogens with one attached hydrogen (secondary N) is 1. The summed E-state index contributed by atoms with van der Waals surface area (Å²) in [5.41, 5.74) is 3.82. The maximum Gasteiger partial charge on any atom is 0.275 e. The summed E-state index contributed by atoms with van der Waals surface area (Å²) >= 11 is 18.6. The number of halogens is 3. The summed E-state index contributed by atoms with van der Waals surface area (Å²) in [7, 11) is 1.49. The van der Waals surface area contributed by atoms with Gasteiger partial charge in [-0.2, -0.15) is 5.10 Å². The van der Waals surface area contributed by atoms with E-state index >= 15 is 0 Å². The van der Waals surface area contributed by atoms with Crippen molar-refractivity contribution in [3.63, 3.8) is 0 Å². The van der Waals surface area contributed by atoms with Gasteiger partial charge in [0.05, 0.1) is 23.9 Å². The number of hydrazone groups is 1. The van der Waals surface area contributed by atoms with Gasteiger partial charge in [-0.1, -0.05) is 65.1 Å². The molecule has 0 saturated heterocycles. The molecule has 0 heterocycles. The van der Waals surface area contributed by atoms with Gasteiger partial charge in [0.2, 0.25) is 0 Å². The van der Waals surface area contributed by atoms with Crippen molar-refractivity contribution in [1.29, 1.82) is 0 Å². The number of ether oxygens (including phenoxy) is 2. The number of carbonyl (C=O) groups is 1. The third-order valence-corrected chi connectivity index (χ3v) is 5.99. The van der Waals surface area contributed by atoms with Crippen LogP contribution in [0.4, 0.5) is 0 Å². The molecule has 0 aliphatic carbocycles. The number of rotatable bonds is 7. The van der Waals surface area contributed by atoms with Crippen LogP contribution in [0.25, 0.3) is 10.8 Å². The Kier molecular flexibility index (Phi) is 7.66. The van der Waals surface area contributed by atoms with E-state index in [1.807, 2.05) is 24.3 Å². The minimum absolute atomic E-state index is 0.112. The lowest BCUT2D eigenvalue weighted by Gasteiger charge is -2.14. The van der Waals surface area contributed by atoms with Crippen LogP contribution in [-0.2, 0) is 6.61 Å². The number of nitrogens with zero attached hydrogens (tertiary/aromatic N) is 1. The van der Waals surface area contributed by atoms with Gasteiger partial charge in [-0.05, 0) is 52.7 Å². The first kappa shape index (κ1) is 24.7. The number of methoxy groups -OCH3 is 1. The van der Waals surface area contributed by atoms with Gasteiger partial charge >= 0.3 is 0 Å². The molecule has 0 radical (unpaired) electrons. The highest BCUT2D eigenvalue weighted by atomic mass is 35.5. The zero-order valence-corrected chi connectivity index (χ0v) is 20.7. The minimum Gasteiger partial charge on any atom is -0.507 e. The molecule has 0 saturated carbocycles. The zero-order valence-electron chi connectivity index (χ0n) is 18.4. The zero-order chi connectivity index (χ0) is 24.9. The number of phenolic OH excluding ortho intramolecular Hbond substituents is 1. The van der Waals surface area contributed by atoms with Gasteiger partial charge in [0.25, 0.3) is 5.91 Å². The number of amides is 1. The molecule has 0 fully saturated rings. The fourth-order valence-corrected chi connectivity index (χ4v) is 4.12. The van der Waals surface area contributed by atoms with E-state index in [4.69, 9.17) is 44.3 Å². The minimum atomic E-state index is -0.553. The Morgan fingerprint density at radius 1 is 1.00 bits per heavy atom. The predicted octanol–water partition coefficient (Wildman–Crippen LogP) is 6.86. The smallest absolute Gasteiger partial charge is 0.275 e. The van der Waals surface area contributed by atoms with Crippen LogP contribution in [-0.4, -0.2) is 24.3 Å². The summed E-state index contributed by atoms with van der Waals surface area (Å²) in [6.45, 7) is 0.158. The quantitative estimate of drug-likeness (QED) is 0.202. The van der Waals surface area contributed by atoms with Crippen LogP contribution < -0.4 is 14.9 Å². The third-order valence-electron chi connectivity index (χ3n) is 5.13. The molecular weight excluding hydrogens is 511 g/mol. The van der Waals surface area contributed by atoms with Crippen LogP contribution in [0.15, 0.2) is 71.8 Å². The number of hydrogen-bond donors (Lipinski definition) is 2. The summed E-state index contributed by atoms with van der Waals surface area (Å²) in [5.74, 6) is 0.0239. The van der Waals surface area contributed by atoms with Crippen LogP contribution in [0.2, 0.25) is 15.1 Å². The van der Waals surface area contributed by atoms with Crippen molar-refractivity contribution in [2.75, 3.05) is 7.11 Å². The summed E-state index contributed by atoms with van der Waals surface area (Å²) in [5, 5.41) is 17.1. The summed E-state index contributed by atoms with van der Waals surface area (Å²) in [4.78, 5) is 12.5. The molecule has 6 nitrogen and oxygen atoms in total. The molecular formula is C26H19Cl3N2O4. The van der Waals surface area contributed by atoms with Gasteiger partial charge in [-0.25, -0.2) is 5.43 Å². The van der Waals surface area contributed by atoms with E-state index in [9.17, 15) is 9.90 Å². The summed E-state index contributed by atoms with van der Waals surface area (Å²) in [6.07, 6.45) is 1.41. The monoisotopic (exact) mass is 528 g/mol. The largest absolute Gasteiger partial charge is 0.507 e. The molecule has 0 aliphatic rings. The van der Waals surface area contributed by atoms with Crippen molar-refractivity contribution < 1.29 is 19.4 Å². The van der Waals surface area contributed by atoms with Crippen LogP contribution in [0.5, 0.6) is 17.2 Å². The molecule has 0 spiro atoms. The maximum atomic E-state index is 12.5. The van der Waals surface area contributed by atoms with Crippen molar-refractivity contribution in [2.45, 2.75) is 6.61 Å². The Morgan fingerprint density at radius 3 is 2.46 bits per heavy atom. The second-order valence-corrected chi connectivity index (χ2v) is 8.72. The molecule has 178 valence electrons. The van der Waals surface area contributed by atoms with E-state index in [2.05, 4.69) is 10.5 Å². The van der Waals surface area contributed by atoms with Crippen molar-refractivity contribution in [3.8, 4) is 17.2 Å². The number of aromatic hydroxyl groups is 1. The third kappa shape index (κ3) is 5.80. The summed E-state index contributed by atoms with van der Waals surface area (Å²) in [6, 6.07) is 19.0. The maximum absolute atomic E-state index is 12.5. The topological polar surface area (TPSA) is 80.2 Å². The van der Waals surface area contributed by atoms with Gasteiger partial charge in [0.1, 0.15) is 12.4 Å². The molecule has 0 aromatic heterocycles. The van der Waals surface area contributed by atoms with E-state index in [-0.39, 0.29) is 22.9 Å². The molecule has 2 N–H and O–H groups in total. The number of hydrogen-bond acceptors (Lipinski definition) is 5. The van der Waals surface area contributed by atoms with E-state index in [1.54, 1.807) is 36.4 Å². The van der Waals surface area contributed by atoms with Gasteiger partial charge in [0.15, 0.2) is 11.5 Å². The Labute approximate surface area is 216 Å². The Hall–Kier alpha value is -3.45. The fourth-order valence-electron chi connectivity index (χ4n) is 3.38. The average molecular weight is 530 g/mol. The first-order chi connectivity index (χ1) is 16.9. The van der Waals surface area contributed by atoms with Gasteiger partial charge in [0, 0.05) is 15.6 Å². The molecule has 0 aliphatic heterocycles. The van der Waals surface area contributed by atoms with Gasteiger partial charge in [-0.3, -0.25) is 4.79 Å². The standard InChI is InChI=1S/C26H19Cl3N2O4/c1-34-24-9-15(8-22(29)25(24)35-14-18-6-7-19(27)12-21(18)28)13-30-31-26(33)20-10-16-4-2-3-5-17(16)11-23(20)32/h2-13,32H,14H2,1H3,(H,31,33). The normalized spacial score (nSPS) is 11.1. The molecule has 1 amide bonds.